The van der Waals surface area contributed by atoms with Gasteiger partial charge in [-0.15, -0.1) is 0 Å². The molecule has 3 aromatic rings. The molecule has 1 aliphatic rings. The van der Waals surface area contributed by atoms with E-state index in [1.165, 1.54) is 36.2 Å². The van der Waals surface area contributed by atoms with Crippen molar-refractivity contribution >= 4 is 23.4 Å². The third-order valence-corrected chi connectivity index (χ3v) is 6.74. The largest absolute Gasteiger partial charge is 0.504 e. The second-order valence-corrected chi connectivity index (χ2v) is 8.85. The lowest BCUT2D eigenvalue weighted by Crippen LogP contribution is -2.40. The number of thiazole rings is 1. The highest BCUT2D eigenvalue weighted by Gasteiger charge is 2.35. The molecule has 188 valence electrons. The minimum Gasteiger partial charge on any atom is -0.504 e. The summed E-state index contributed by atoms with van der Waals surface area (Å²) in [7, 11) is 4.52. The normalized spacial score (nSPS) is 15.2. The van der Waals surface area contributed by atoms with Crippen molar-refractivity contribution in [3.8, 4) is 23.0 Å². The van der Waals surface area contributed by atoms with Crippen molar-refractivity contribution in [1.29, 1.82) is 0 Å². The lowest BCUT2D eigenvalue weighted by Gasteiger charge is -2.26. The molecule has 0 radical (unpaired) electrons. The van der Waals surface area contributed by atoms with E-state index in [0.717, 1.165) is 0 Å². The van der Waals surface area contributed by atoms with Crippen molar-refractivity contribution in [2.75, 3.05) is 27.9 Å². The number of nitrogens with zero attached hydrogens (tertiary/aromatic N) is 2. The fourth-order valence-electron chi connectivity index (χ4n) is 4.08. The molecule has 1 atom stereocenters. The van der Waals surface area contributed by atoms with Crippen LogP contribution in [-0.2, 0) is 9.53 Å². The maximum atomic E-state index is 13.7. The number of aromatic hydroxyl groups is 1. The maximum absolute atomic E-state index is 13.7. The number of fused-ring (bicyclic) bond motifs is 1. The Morgan fingerprint density at radius 2 is 1.86 bits per heavy atom. The molecule has 1 N–H and O–H groups in total. The van der Waals surface area contributed by atoms with E-state index < -0.39 is 12.0 Å². The lowest BCUT2D eigenvalue weighted by molar-refractivity contribution is -0.139. The number of esters is 1. The average molecular weight is 511 g/mol. The summed E-state index contributed by atoms with van der Waals surface area (Å²) in [4.78, 5) is 31.8. The fraction of sp³-hybridized carbons (Fsp3) is 0.269. The van der Waals surface area contributed by atoms with Gasteiger partial charge in [0.05, 0.1) is 43.7 Å². The number of hydrogen-bond donors (Lipinski definition) is 1. The summed E-state index contributed by atoms with van der Waals surface area (Å²) in [6, 6.07) is 9.24. The van der Waals surface area contributed by atoms with Gasteiger partial charge in [0.25, 0.3) is 5.56 Å². The summed E-state index contributed by atoms with van der Waals surface area (Å²) < 4.78 is 23.2. The van der Waals surface area contributed by atoms with E-state index in [1.54, 1.807) is 57.4 Å². The molecule has 36 heavy (non-hydrogen) atoms. The molecule has 0 spiro atoms. The summed E-state index contributed by atoms with van der Waals surface area (Å²) in [5.41, 5.74) is 1.56. The average Bonchev–Trinajstić information content (AvgIpc) is 3.17. The summed E-state index contributed by atoms with van der Waals surface area (Å²) in [5, 5.41) is 10.1. The van der Waals surface area contributed by atoms with E-state index in [4.69, 9.17) is 18.9 Å². The third kappa shape index (κ3) is 4.47. The minimum atomic E-state index is -0.826. The molecule has 2 aromatic carbocycles. The van der Waals surface area contributed by atoms with E-state index in [2.05, 4.69) is 4.99 Å². The molecule has 0 saturated heterocycles. The van der Waals surface area contributed by atoms with Gasteiger partial charge in [0.1, 0.15) is 17.5 Å². The van der Waals surface area contributed by atoms with Gasteiger partial charge in [0.15, 0.2) is 16.3 Å². The van der Waals surface area contributed by atoms with Crippen LogP contribution in [0, 0.1) is 0 Å². The fourth-order valence-corrected chi connectivity index (χ4v) is 5.12. The number of carbonyl (C=O) groups is 1. The Morgan fingerprint density at radius 1 is 1.11 bits per heavy atom. The van der Waals surface area contributed by atoms with Crippen LogP contribution in [0.1, 0.15) is 31.0 Å². The first kappa shape index (κ1) is 25.1. The quantitative estimate of drug-likeness (QED) is 0.487. The van der Waals surface area contributed by atoms with Crippen LogP contribution in [0.5, 0.6) is 23.0 Å². The Bertz CT molecular complexity index is 1530. The standard InChI is InChI=1S/C26H26N2O7S/c1-6-35-25(31)22-14(2)27-26-28(23(22)17-9-8-16(32-3)13-20(17)34-5)24(30)21(36-26)12-15-7-10-19(33-4)18(29)11-15/h7-13,23,29H,6H2,1-5H3/b21-12-/t23-/m1/s1. The highest BCUT2D eigenvalue weighted by atomic mass is 32.1. The van der Waals surface area contributed by atoms with E-state index in [1.807, 2.05) is 0 Å². The van der Waals surface area contributed by atoms with Gasteiger partial charge in [-0.25, -0.2) is 9.79 Å². The van der Waals surface area contributed by atoms with Gasteiger partial charge in [0.2, 0.25) is 0 Å². The Balaban J connectivity index is 1.97. The molecule has 0 fully saturated rings. The Morgan fingerprint density at radius 3 is 2.50 bits per heavy atom. The van der Waals surface area contributed by atoms with Crippen LogP contribution in [-0.4, -0.2) is 43.6 Å². The second-order valence-electron chi connectivity index (χ2n) is 7.84. The number of carbonyl (C=O) groups excluding carboxylic acids is 1. The SMILES string of the molecule is CCOC(=O)C1=C(C)N=c2s/c(=C\c3ccc(OC)c(O)c3)c(=O)n2[C@@H]1c1ccc(OC)cc1OC. The molecular weight excluding hydrogens is 484 g/mol. The van der Waals surface area contributed by atoms with Crippen molar-refractivity contribution in [2.24, 2.45) is 4.99 Å². The van der Waals surface area contributed by atoms with Gasteiger partial charge < -0.3 is 24.1 Å². The van der Waals surface area contributed by atoms with Crippen molar-refractivity contribution < 1.29 is 28.8 Å². The Kier molecular flexibility index (Phi) is 7.16. The number of methoxy groups -OCH3 is 3. The highest BCUT2D eigenvalue weighted by molar-refractivity contribution is 7.07. The van der Waals surface area contributed by atoms with Gasteiger partial charge in [0, 0.05) is 11.6 Å². The van der Waals surface area contributed by atoms with Gasteiger partial charge in [-0.05, 0) is 49.8 Å². The number of hydrogen-bond acceptors (Lipinski definition) is 9. The summed E-state index contributed by atoms with van der Waals surface area (Å²) >= 11 is 1.19. The van der Waals surface area contributed by atoms with Crippen LogP contribution in [0.3, 0.4) is 0 Å². The number of rotatable bonds is 7. The van der Waals surface area contributed by atoms with Crippen molar-refractivity contribution in [3.05, 3.63) is 78.5 Å². The molecule has 1 aliphatic heterocycles. The molecule has 0 unspecified atom stereocenters. The van der Waals surface area contributed by atoms with Crippen LogP contribution in [0.2, 0.25) is 0 Å². The van der Waals surface area contributed by atoms with Crippen LogP contribution in [0.15, 0.2) is 57.5 Å². The topological polar surface area (TPSA) is 109 Å². The molecular formula is C26H26N2O7S. The van der Waals surface area contributed by atoms with Gasteiger partial charge >= 0.3 is 5.97 Å². The number of ether oxygens (including phenoxy) is 4. The molecule has 9 nitrogen and oxygen atoms in total. The van der Waals surface area contributed by atoms with Crippen LogP contribution in [0.25, 0.3) is 6.08 Å². The van der Waals surface area contributed by atoms with Crippen molar-refractivity contribution in [3.63, 3.8) is 0 Å². The first-order valence-electron chi connectivity index (χ1n) is 11.1. The summed E-state index contributed by atoms with van der Waals surface area (Å²) in [6.45, 7) is 3.61. The second kappa shape index (κ2) is 10.3. The monoisotopic (exact) mass is 510 g/mol. The number of phenols is 1. The molecule has 10 heteroatoms. The highest BCUT2D eigenvalue weighted by Crippen LogP contribution is 2.37. The van der Waals surface area contributed by atoms with E-state index in [0.29, 0.717) is 43.4 Å². The number of aromatic nitrogens is 1. The molecule has 0 amide bonds. The minimum absolute atomic E-state index is 0.0414. The van der Waals surface area contributed by atoms with Crippen LogP contribution in [0.4, 0.5) is 0 Å². The predicted octanol–water partition coefficient (Wildman–Crippen LogP) is 2.53. The van der Waals surface area contributed by atoms with Crippen LogP contribution >= 0.6 is 11.3 Å². The number of benzene rings is 2. The van der Waals surface area contributed by atoms with Gasteiger partial charge in [-0.1, -0.05) is 17.4 Å². The Hall–Kier alpha value is -4.05. The number of allylic oxidation sites excluding steroid dienone is 1. The first-order valence-corrected chi connectivity index (χ1v) is 11.9. The van der Waals surface area contributed by atoms with Crippen LogP contribution < -0.4 is 29.1 Å². The van der Waals surface area contributed by atoms with Gasteiger partial charge in [-0.3, -0.25) is 9.36 Å². The zero-order chi connectivity index (χ0) is 26.0. The summed E-state index contributed by atoms with van der Waals surface area (Å²) in [5.74, 6) is 0.748. The molecule has 4 rings (SSSR count). The molecule has 0 aliphatic carbocycles. The van der Waals surface area contributed by atoms with E-state index in [9.17, 15) is 14.7 Å². The van der Waals surface area contributed by atoms with Crippen molar-refractivity contribution in [1.82, 2.24) is 4.57 Å². The Labute approximate surface area is 211 Å². The molecule has 2 heterocycles. The van der Waals surface area contributed by atoms with E-state index in [-0.39, 0.29) is 23.5 Å². The maximum Gasteiger partial charge on any atom is 0.338 e. The first-order chi connectivity index (χ1) is 17.3. The molecule has 0 bridgehead atoms. The third-order valence-electron chi connectivity index (χ3n) is 5.75. The molecule has 0 saturated carbocycles. The zero-order valence-electron chi connectivity index (χ0n) is 20.5. The summed E-state index contributed by atoms with van der Waals surface area (Å²) in [6.07, 6.45) is 1.66. The van der Waals surface area contributed by atoms with E-state index >= 15 is 0 Å². The molecule has 1 aromatic heterocycles. The lowest BCUT2D eigenvalue weighted by atomic mass is 9.95. The zero-order valence-corrected chi connectivity index (χ0v) is 21.3. The smallest absolute Gasteiger partial charge is 0.338 e. The van der Waals surface area contributed by atoms with Crippen molar-refractivity contribution in [2.45, 2.75) is 19.9 Å². The van der Waals surface area contributed by atoms with Gasteiger partial charge in [-0.2, -0.15) is 0 Å². The predicted molar refractivity (Wildman–Crippen MR) is 135 cm³/mol. The number of phenolic OH excluding ortho intramolecular Hbond substituents is 1.